The van der Waals surface area contributed by atoms with Gasteiger partial charge in [0.25, 0.3) is 0 Å². The van der Waals surface area contributed by atoms with Gasteiger partial charge in [-0.15, -0.1) is 0 Å². The highest BCUT2D eigenvalue weighted by molar-refractivity contribution is 5.94. The van der Waals surface area contributed by atoms with Crippen molar-refractivity contribution in [1.82, 2.24) is 0 Å². The number of ketones is 1. The number of Topliss-reactive ketones (excluding diaryl/α,β-unsaturated/α-hetero) is 1. The standard InChI is InChI=1S/C30H38O10/c1-7-17(31)38-24-19-22(34)29(5,21(27(24,2)3)20(33)26(35)36-6)15-8-10-28(4)16(30(15)25(19)40-30)12-18(32)39-23(28)14-9-11-37-13-14/h9,11,13,15-16,19-21,23-25,33H,7-8,10,12H2,1-6H3/t15-,16-,19-,20-,21+,23+,24-,25-,28-,29-,30-/m1/s1. The number of furan rings is 1. The molecule has 2 bridgehead atoms. The molecule has 1 N–H and O–H groups in total. The lowest BCUT2D eigenvalue weighted by Crippen LogP contribution is -2.74. The highest BCUT2D eigenvalue weighted by Crippen LogP contribution is 2.77. The van der Waals surface area contributed by atoms with Gasteiger partial charge in [0.05, 0.1) is 32.0 Å². The Hall–Kier alpha value is -2.72. The van der Waals surface area contributed by atoms with Crippen LogP contribution in [0.2, 0.25) is 0 Å². The smallest absolute Gasteiger partial charge is 0.335 e. The number of ether oxygens (including phenoxy) is 4. The third kappa shape index (κ3) is 3.23. The number of aliphatic hydroxyl groups excluding tert-OH is 1. The molecule has 11 atom stereocenters. The topological polar surface area (TPSA) is 142 Å². The van der Waals surface area contributed by atoms with E-state index in [4.69, 9.17) is 23.4 Å². The Balaban J connectivity index is 1.52. The molecule has 1 aromatic heterocycles. The number of hydrogen-bond donors (Lipinski definition) is 1. The van der Waals surface area contributed by atoms with Crippen LogP contribution in [-0.2, 0) is 38.1 Å². The van der Waals surface area contributed by atoms with Crippen molar-refractivity contribution in [2.45, 2.75) is 90.3 Å². The Bertz CT molecular complexity index is 1250. The van der Waals surface area contributed by atoms with E-state index in [2.05, 4.69) is 6.92 Å². The molecular formula is C30H38O10. The zero-order valence-electron chi connectivity index (χ0n) is 23.8. The first kappa shape index (κ1) is 27.4. The Labute approximate surface area is 233 Å². The van der Waals surface area contributed by atoms with Crippen LogP contribution in [0.5, 0.6) is 0 Å². The van der Waals surface area contributed by atoms with Crippen LogP contribution in [0.25, 0.3) is 0 Å². The number of carbonyl (C=O) groups excluding carboxylic acids is 4. The lowest BCUT2D eigenvalue weighted by Gasteiger charge is -2.65. The van der Waals surface area contributed by atoms with Crippen molar-refractivity contribution in [2.24, 2.45) is 39.9 Å². The minimum atomic E-state index is -1.63. The van der Waals surface area contributed by atoms with E-state index in [9.17, 15) is 24.3 Å². The second-order valence-electron chi connectivity index (χ2n) is 13.4. The van der Waals surface area contributed by atoms with E-state index < -0.39 is 70.0 Å². The van der Waals surface area contributed by atoms with Gasteiger partial charge in [-0.1, -0.05) is 34.6 Å². The molecule has 3 saturated carbocycles. The Morgan fingerprint density at radius 2 is 1.90 bits per heavy atom. The molecule has 10 nitrogen and oxygen atoms in total. The molecule has 2 saturated heterocycles. The first-order valence-electron chi connectivity index (χ1n) is 14.2. The van der Waals surface area contributed by atoms with Gasteiger partial charge in [0.2, 0.25) is 0 Å². The van der Waals surface area contributed by atoms with Crippen molar-refractivity contribution in [3.05, 3.63) is 24.2 Å². The van der Waals surface area contributed by atoms with Crippen LogP contribution < -0.4 is 0 Å². The Kier molecular flexibility index (Phi) is 5.93. The van der Waals surface area contributed by atoms with Gasteiger partial charge in [-0.3, -0.25) is 14.4 Å². The van der Waals surface area contributed by atoms with Crippen LogP contribution in [0, 0.1) is 39.9 Å². The number of methoxy groups -OCH3 is 1. The fourth-order valence-corrected chi connectivity index (χ4v) is 9.73. The molecule has 1 spiro atoms. The fourth-order valence-electron chi connectivity index (χ4n) is 9.73. The number of rotatable bonds is 5. The maximum Gasteiger partial charge on any atom is 0.335 e. The van der Waals surface area contributed by atoms with Crippen molar-refractivity contribution in [3.63, 3.8) is 0 Å². The summed E-state index contributed by atoms with van der Waals surface area (Å²) in [5.74, 6) is -4.28. The number of epoxide rings is 1. The number of cyclic esters (lactones) is 1. The highest BCUT2D eigenvalue weighted by Gasteiger charge is 2.86. The van der Waals surface area contributed by atoms with E-state index in [0.717, 1.165) is 5.56 Å². The molecule has 0 unspecified atom stereocenters. The van der Waals surface area contributed by atoms with Crippen LogP contribution in [0.3, 0.4) is 0 Å². The first-order chi connectivity index (χ1) is 18.8. The van der Waals surface area contributed by atoms with Crippen LogP contribution in [0.4, 0.5) is 0 Å². The minimum Gasteiger partial charge on any atom is -0.472 e. The molecule has 40 heavy (non-hydrogen) atoms. The molecule has 5 aliphatic rings. The Morgan fingerprint density at radius 1 is 1.18 bits per heavy atom. The lowest BCUT2D eigenvalue weighted by molar-refractivity contribution is -0.232. The zero-order chi connectivity index (χ0) is 29.0. The molecule has 1 aromatic rings. The monoisotopic (exact) mass is 558 g/mol. The first-order valence-corrected chi connectivity index (χ1v) is 14.2. The molecule has 10 heteroatoms. The van der Waals surface area contributed by atoms with Crippen molar-refractivity contribution in [3.8, 4) is 0 Å². The highest BCUT2D eigenvalue weighted by atomic mass is 16.6. The predicted molar refractivity (Wildman–Crippen MR) is 136 cm³/mol. The van der Waals surface area contributed by atoms with E-state index in [1.807, 2.05) is 20.8 Å². The van der Waals surface area contributed by atoms with E-state index in [1.165, 1.54) is 7.11 Å². The van der Waals surface area contributed by atoms with E-state index in [-0.39, 0.29) is 36.4 Å². The van der Waals surface area contributed by atoms with Crippen LogP contribution in [0.15, 0.2) is 23.0 Å². The van der Waals surface area contributed by atoms with Crippen molar-refractivity contribution in [2.75, 3.05) is 7.11 Å². The summed E-state index contributed by atoms with van der Waals surface area (Å²) in [5, 5.41) is 11.5. The average molecular weight is 559 g/mol. The van der Waals surface area contributed by atoms with E-state index >= 15 is 0 Å². The van der Waals surface area contributed by atoms with Gasteiger partial charge in [0.15, 0.2) is 6.10 Å². The number of esters is 3. The maximum absolute atomic E-state index is 14.5. The third-order valence-corrected chi connectivity index (χ3v) is 11.3. The summed E-state index contributed by atoms with van der Waals surface area (Å²) in [6.07, 6.45) is 0.859. The Morgan fingerprint density at radius 3 is 2.52 bits per heavy atom. The molecule has 2 aliphatic heterocycles. The average Bonchev–Trinajstić information content (AvgIpc) is 3.36. The van der Waals surface area contributed by atoms with Crippen LogP contribution in [-0.4, -0.2) is 59.8 Å². The molecule has 218 valence electrons. The van der Waals surface area contributed by atoms with Crippen molar-refractivity contribution < 1.29 is 47.6 Å². The summed E-state index contributed by atoms with van der Waals surface area (Å²) in [7, 11) is 1.20. The van der Waals surface area contributed by atoms with Gasteiger partial charge in [0.1, 0.15) is 29.7 Å². The summed E-state index contributed by atoms with van der Waals surface area (Å²) >= 11 is 0. The van der Waals surface area contributed by atoms with Crippen molar-refractivity contribution in [1.29, 1.82) is 0 Å². The lowest BCUT2D eigenvalue weighted by atomic mass is 9.37. The normalized spacial score (nSPS) is 45.2. The third-order valence-electron chi connectivity index (χ3n) is 11.3. The molecule has 6 rings (SSSR count). The van der Waals surface area contributed by atoms with Crippen molar-refractivity contribution >= 4 is 23.7 Å². The molecule has 3 aliphatic carbocycles. The largest absolute Gasteiger partial charge is 0.472 e. The van der Waals surface area contributed by atoms with Crippen LogP contribution >= 0.6 is 0 Å². The zero-order valence-corrected chi connectivity index (χ0v) is 23.8. The fraction of sp³-hybridized carbons (Fsp3) is 0.733. The second kappa shape index (κ2) is 8.64. The second-order valence-corrected chi connectivity index (χ2v) is 13.4. The van der Waals surface area contributed by atoms with E-state index in [1.54, 1.807) is 25.5 Å². The molecule has 0 radical (unpaired) electrons. The summed E-state index contributed by atoms with van der Waals surface area (Å²) < 4.78 is 28.9. The predicted octanol–water partition coefficient (Wildman–Crippen LogP) is 3.15. The minimum absolute atomic E-state index is 0.104. The van der Waals surface area contributed by atoms with Gasteiger partial charge >= 0.3 is 17.9 Å². The number of fused-ring (bicyclic) bond motifs is 5. The summed E-state index contributed by atoms with van der Waals surface area (Å²) in [6.45, 7) is 9.27. The van der Waals surface area contributed by atoms with Gasteiger partial charge in [-0.25, -0.2) is 4.79 Å². The molecule has 0 aromatic carbocycles. The van der Waals surface area contributed by atoms with E-state index in [0.29, 0.717) is 12.8 Å². The van der Waals surface area contributed by atoms with Gasteiger partial charge in [-0.05, 0) is 18.9 Å². The maximum atomic E-state index is 14.5. The molecule has 0 amide bonds. The SMILES string of the molecule is CCC(=O)O[C@@H]1[C@H]2C(=O)[C@](C)([C@H]3CC[C@]4(C)[C@@H](CC(=O)O[C@H]4c4ccoc4)[C@]34O[C@H]24)[C@@H]([C@@H](O)C(=O)OC)C1(C)C. The van der Waals surface area contributed by atoms with Gasteiger partial charge in [0, 0.05) is 46.0 Å². The molecule has 3 heterocycles. The molecule has 5 fully saturated rings. The summed E-state index contributed by atoms with van der Waals surface area (Å²) in [4.78, 5) is 53.2. The van der Waals surface area contributed by atoms with Gasteiger partial charge < -0.3 is 28.5 Å². The van der Waals surface area contributed by atoms with Crippen LogP contribution in [0.1, 0.15) is 72.0 Å². The number of aliphatic hydroxyl groups is 1. The quantitative estimate of drug-likeness (QED) is 0.325. The summed E-state index contributed by atoms with van der Waals surface area (Å²) in [6, 6.07) is 1.80. The molecular weight excluding hydrogens is 520 g/mol. The number of carbonyl (C=O) groups is 4. The summed E-state index contributed by atoms with van der Waals surface area (Å²) in [5.41, 5.74) is -2.83. The van der Waals surface area contributed by atoms with Gasteiger partial charge in [-0.2, -0.15) is 0 Å². The number of hydrogen-bond acceptors (Lipinski definition) is 10.